The quantitative estimate of drug-likeness (QED) is 0.699. The van der Waals surface area contributed by atoms with Crippen LogP contribution in [0.2, 0.25) is 0 Å². The molecule has 82 valence electrons. The van der Waals surface area contributed by atoms with Crippen molar-refractivity contribution in [2.45, 2.75) is 38.6 Å². The molecular formula is C13H20N2. The molecule has 2 nitrogen and oxygen atoms in total. The van der Waals surface area contributed by atoms with Gasteiger partial charge in [0.15, 0.2) is 0 Å². The number of hydrogen-bond donors (Lipinski definition) is 0. The van der Waals surface area contributed by atoms with Gasteiger partial charge >= 0.3 is 0 Å². The van der Waals surface area contributed by atoms with Crippen molar-refractivity contribution in [3.05, 3.63) is 30.1 Å². The maximum absolute atomic E-state index is 4.07. The van der Waals surface area contributed by atoms with Crippen molar-refractivity contribution < 1.29 is 0 Å². The average molecular weight is 204 g/mol. The zero-order chi connectivity index (χ0) is 10.9. The first-order chi connectivity index (χ1) is 7.07. The van der Waals surface area contributed by atoms with Crippen LogP contribution in [0.25, 0.3) is 0 Å². The van der Waals surface area contributed by atoms with E-state index in [2.05, 4.69) is 42.8 Å². The van der Waals surface area contributed by atoms with Crippen LogP contribution in [0.4, 0.5) is 0 Å². The molecule has 2 rings (SSSR count). The molecule has 2 heterocycles. The molecule has 0 saturated carbocycles. The summed E-state index contributed by atoms with van der Waals surface area (Å²) in [4.78, 5) is 6.64. The first-order valence-electron chi connectivity index (χ1n) is 5.72. The van der Waals surface area contributed by atoms with Gasteiger partial charge in [-0.3, -0.25) is 9.88 Å². The average Bonchev–Trinajstić information content (AvgIpc) is 2.67. The number of rotatable bonds is 1. The topological polar surface area (TPSA) is 16.1 Å². The summed E-state index contributed by atoms with van der Waals surface area (Å²) in [5.41, 5.74) is 1.75. The minimum atomic E-state index is 0.307. The summed E-state index contributed by atoms with van der Waals surface area (Å²) in [7, 11) is 0. The van der Waals surface area contributed by atoms with Crippen LogP contribution < -0.4 is 0 Å². The summed E-state index contributed by atoms with van der Waals surface area (Å²) in [6.45, 7) is 9.29. The van der Waals surface area contributed by atoms with Crippen LogP contribution >= 0.6 is 0 Å². The molecule has 1 fully saturated rings. The van der Waals surface area contributed by atoms with Crippen molar-refractivity contribution in [1.82, 2.24) is 9.88 Å². The Hall–Kier alpha value is -0.890. The van der Waals surface area contributed by atoms with Gasteiger partial charge in [0.05, 0.1) is 0 Å². The van der Waals surface area contributed by atoms with E-state index in [-0.39, 0.29) is 0 Å². The summed E-state index contributed by atoms with van der Waals surface area (Å²) in [6.07, 6.45) is 5.07. The van der Waals surface area contributed by atoms with Crippen molar-refractivity contribution in [3.63, 3.8) is 0 Å². The molecule has 2 heteroatoms. The number of hydrogen-bond acceptors (Lipinski definition) is 2. The van der Waals surface area contributed by atoms with Gasteiger partial charge in [0.1, 0.15) is 0 Å². The van der Waals surface area contributed by atoms with Crippen molar-refractivity contribution in [3.8, 4) is 0 Å². The Balaban J connectivity index is 2.05. The monoisotopic (exact) mass is 204 g/mol. The van der Waals surface area contributed by atoms with E-state index in [1.807, 2.05) is 12.4 Å². The molecule has 1 saturated heterocycles. The molecule has 1 aliphatic rings. The molecule has 1 aliphatic heterocycles. The first-order valence-corrected chi connectivity index (χ1v) is 5.72. The second-order valence-corrected chi connectivity index (χ2v) is 5.38. The fourth-order valence-corrected chi connectivity index (χ4v) is 2.28. The smallest absolute Gasteiger partial charge is 0.0270 e. The molecule has 15 heavy (non-hydrogen) atoms. The van der Waals surface area contributed by atoms with Crippen molar-refractivity contribution in [1.29, 1.82) is 0 Å². The summed E-state index contributed by atoms with van der Waals surface area (Å²) in [5, 5.41) is 0. The Labute approximate surface area is 92.3 Å². The molecule has 1 aromatic heterocycles. The fraction of sp³-hybridized carbons (Fsp3) is 0.615. The molecule has 0 aromatic carbocycles. The fourth-order valence-electron chi connectivity index (χ4n) is 2.28. The third-order valence-corrected chi connectivity index (χ3v) is 3.31. The van der Waals surface area contributed by atoms with Gasteiger partial charge < -0.3 is 0 Å². The Bertz CT molecular complexity index is 313. The summed E-state index contributed by atoms with van der Waals surface area (Å²) >= 11 is 0. The van der Waals surface area contributed by atoms with E-state index in [0.717, 1.165) is 0 Å². The lowest BCUT2D eigenvalue weighted by Crippen LogP contribution is -2.39. The Morgan fingerprint density at radius 2 is 1.93 bits per heavy atom. The summed E-state index contributed by atoms with van der Waals surface area (Å²) in [5.74, 6) is 0.701. The number of nitrogens with zero attached hydrogens (tertiary/aromatic N) is 2. The second-order valence-electron chi connectivity index (χ2n) is 5.38. The molecular weight excluding hydrogens is 184 g/mol. The van der Waals surface area contributed by atoms with Gasteiger partial charge in [0, 0.05) is 24.5 Å². The predicted molar refractivity (Wildman–Crippen MR) is 62.9 cm³/mol. The van der Waals surface area contributed by atoms with Gasteiger partial charge in [-0.15, -0.1) is 0 Å². The normalized spacial score (nSPS) is 23.3. The van der Waals surface area contributed by atoms with Gasteiger partial charge in [0.2, 0.25) is 0 Å². The second kappa shape index (κ2) is 3.93. The van der Waals surface area contributed by atoms with Crippen LogP contribution in [0.15, 0.2) is 24.5 Å². The minimum absolute atomic E-state index is 0.307. The van der Waals surface area contributed by atoms with Crippen LogP contribution in [0.3, 0.4) is 0 Å². The Morgan fingerprint density at radius 3 is 2.47 bits per heavy atom. The standard InChI is InChI=1S/C13H20N2/c1-13(2,3)15-9-6-12(10-15)11-4-7-14-8-5-11/h4-5,7-8,12H,6,9-10H2,1-3H3. The number of likely N-dealkylation sites (tertiary alicyclic amines) is 1. The van der Waals surface area contributed by atoms with Crippen molar-refractivity contribution in [2.24, 2.45) is 0 Å². The minimum Gasteiger partial charge on any atom is -0.298 e. The third-order valence-electron chi connectivity index (χ3n) is 3.31. The molecule has 0 aliphatic carbocycles. The van der Waals surface area contributed by atoms with Crippen LogP contribution in [0.5, 0.6) is 0 Å². The highest BCUT2D eigenvalue weighted by atomic mass is 15.2. The van der Waals surface area contributed by atoms with Crippen LogP contribution in [-0.2, 0) is 0 Å². The van der Waals surface area contributed by atoms with Gasteiger partial charge in [-0.1, -0.05) is 0 Å². The molecule has 1 aromatic rings. The molecule has 1 atom stereocenters. The summed E-state index contributed by atoms with van der Waals surface area (Å²) in [6, 6.07) is 4.30. The number of pyridine rings is 1. The van der Waals surface area contributed by atoms with E-state index in [9.17, 15) is 0 Å². The highest BCUT2D eigenvalue weighted by Crippen LogP contribution is 2.30. The van der Waals surface area contributed by atoms with Crippen molar-refractivity contribution in [2.75, 3.05) is 13.1 Å². The van der Waals surface area contributed by atoms with Gasteiger partial charge in [-0.25, -0.2) is 0 Å². The highest BCUT2D eigenvalue weighted by molar-refractivity contribution is 5.18. The summed E-state index contributed by atoms with van der Waals surface area (Å²) < 4.78 is 0. The molecule has 0 bridgehead atoms. The largest absolute Gasteiger partial charge is 0.298 e. The van der Waals surface area contributed by atoms with Crippen LogP contribution in [-0.4, -0.2) is 28.5 Å². The van der Waals surface area contributed by atoms with E-state index >= 15 is 0 Å². The van der Waals surface area contributed by atoms with Crippen molar-refractivity contribution >= 4 is 0 Å². The maximum atomic E-state index is 4.07. The molecule has 0 amide bonds. The van der Waals surface area contributed by atoms with E-state index in [0.29, 0.717) is 11.5 Å². The SMILES string of the molecule is CC(C)(C)N1CCC(c2ccncc2)C1. The van der Waals surface area contributed by atoms with Crippen LogP contribution in [0.1, 0.15) is 38.7 Å². The van der Waals surface area contributed by atoms with E-state index in [1.165, 1.54) is 25.1 Å². The maximum Gasteiger partial charge on any atom is 0.0270 e. The van der Waals surface area contributed by atoms with E-state index in [4.69, 9.17) is 0 Å². The Kier molecular flexibility index (Phi) is 2.79. The molecule has 0 radical (unpaired) electrons. The highest BCUT2D eigenvalue weighted by Gasteiger charge is 2.30. The van der Waals surface area contributed by atoms with Gasteiger partial charge in [0.25, 0.3) is 0 Å². The molecule has 1 unspecified atom stereocenters. The lowest BCUT2D eigenvalue weighted by Gasteiger charge is -2.31. The zero-order valence-corrected chi connectivity index (χ0v) is 9.90. The molecule has 0 N–H and O–H groups in total. The van der Waals surface area contributed by atoms with Gasteiger partial charge in [-0.05, 0) is 57.4 Å². The van der Waals surface area contributed by atoms with Crippen LogP contribution in [0, 0.1) is 0 Å². The zero-order valence-electron chi connectivity index (χ0n) is 9.90. The lowest BCUT2D eigenvalue weighted by atomic mass is 9.99. The predicted octanol–water partition coefficient (Wildman–Crippen LogP) is 2.67. The molecule has 0 spiro atoms. The Morgan fingerprint density at radius 1 is 1.27 bits per heavy atom. The van der Waals surface area contributed by atoms with Gasteiger partial charge in [-0.2, -0.15) is 0 Å². The third kappa shape index (κ3) is 2.37. The lowest BCUT2D eigenvalue weighted by molar-refractivity contribution is 0.173. The van der Waals surface area contributed by atoms with E-state index < -0.39 is 0 Å². The first kappa shape index (κ1) is 10.6. The number of aromatic nitrogens is 1. The van der Waals surface area contributed by atoms with E-state index in [1.54, 1.807) is 0 Å².